The summed E-state index contributed by atoms with van der Waals surface area (Å²) in [5.41, 5.74) is 3.11. The first-order valence-corrected chi connectivity index (χ1v) is 13.1. The van der Waals surface area contributed by atoms with Crippen LogP contribution in [0.1, 0.15) is 47.3 Å². The van der Waals surface area contributed by atoms with Crippen molar-refractivity contribution < 1.29 is 14.3 Å². The number of nitrogens with zero attached hydrogens (tertiary/aromatic N) is 3. The summed E-state index contributed by atoms with van der Waals surface area (Å²) in [7, 11) is 0. The van der Waals surface area contributed by atoms with Crippen molar-refractivity contribution in [1.29, 1.82) is 0 Å². The summed E-state index contributed by atoms with van der Waals surface area (Å²) in [5, 5.41) is 0. The van der Waals surface area contributed by atoms with Gasteiger partial charge in [-0.1, -0.05) is 42.5 Å². The highest BCUT2D eigenvalue weighted by molar-refractivity contribution is 5.93. The first kappa shape index (κ1) is 23.0. The van der Waals surface area contributed by atoms with Gasteiger partial charge in [0.2, 0.25) is 6.79 Å². The molecule has 2 aromatic carbocycles. The molecule has 1 saturated carbocycles. The van der Waals surface area contributed by atoms with E-state index in [1.165, 1.54) is 11.1 Å². The molecular weight excluding hydrogens is 450 g/mol. The van der Waals surface area contributed by atoms with Crippen molar-refractivity contribution >= 4 is 5.91 Å². The van der Waals surface area contributed by atoms with Crippen LogP contribution in [0, 0.1) is 5.92 Å². The minimum absolute atomic E-state index is 0.0850. The van der Waals surface area contributed by atoms with Crippen LogP contribution in [0.3, 0.4) is 0 Å². The molecule has 1 aliphatic carbocycles. The molecule has 3 aromatic rings. The molecule has 2 fully saturated rings. The Kier molecular flexibility index (Phi) is 6.60. The molecule has 1 amide bonds. The number of carbonyl (C=O) groups is 1. The summed E-state index contributed by atoms with van der Waals surface area (Å²) in [4.78, 5) is 22.9. The van der Waals surface area contributed by atoms with E-state index in [1.54, 1.807) is 6.20 Å². The standard InChI is InChI=1S/C30H33N3O3/c34-30(26-8-4-5-15-31-26)33(25-10-11-25)27(18-22-6-2-1-3-7-22)24-13-16-32(17-14-24)20-23-9-12-28-29(19-23)36-21-35-28/h1-9,12,15,19,24-25,27H,10-11,13-14,16-18,20-21H2. The van der Waals surface area contributed by atoms with Crippen LogP contribution in [0.25, 0.3) is 0 Å². The molecule has 1 unspecified atom stereocenters. The summed E-state index contributed by atoms with van der Waals surface area (Å²) in [6.07, 6.45) is 6.96. The first-order valence-electron chi connectivity index (χ1n) is 13.1. The van der Waals surface area contributed by atoms with Crippen LogP contribution >= 0.6 is 0 Å². The van der Waals surface area contributed by atoms with Gasteiger partial charge in [-0.3, -0.25) is 14.7 Å². The zero-order valence-electron chi connectivity index (χ0n) is 20.6. The maximum absolute atomic E-state index is 13.7. The van der Waals surface area contributed by atoms with E-state index in [9.17, 15) is 4.79 Å². The Balaban J connectivity index is 1.18. The van der Waals surface area contributed by atoms with Gasteiger partial charge in [0.25, 0.3) is 5.91 Å². The summed E-state index contributed by atoms with van der Waals surface area (Å²) in [6, 6.07) is 23.0. The molecule has 3 heterocycles. The Labute approximate surface area is 212 Å². The predicted octanol–water partition coefficient (Wildman–Crippen LogP) is 4.94. The maximum atomic E-state index is 13.7. The number of carbonyl (C=O) groups excluding carboxylic acids is 1. The van der Waals surface area contributed by atoms with E-state index in [-0.39, 0.29) is 11.9 Å². The number of aromatic nitrogens is 1. The molecule has 0 N–H and O–H groups in total. The van der Waals surface area contributed by atoms with Crippen LogP contribution in [0.5, 0.6) is 11.5 Å². The summed E-state index contributed by atoms with van der Waals surface area (Å²) in [5.74, 6) is 2.23. The van der Waals surface area contributed by atoms with Crippen molar-refractivity contribution in [1.82, 2.24) is 14.8 Å². The molecular formula is C30H33N3O3. The van der Waals surface area contributed by atoms with E-state index in [4.69, 9.17) is 9.47 Å². The van der Waals surface area contributed by atoms with Gasteiger partial charge in [0.05, 0.1) is 0 Å². The lowest BCUT2D eigenvalue weighted by atomic mass is 9.84. The van der Waals surface area contributed by atoms with Crippen LogP contribution in [-0.4, -0.2) is 52.7 Å². The van der Waals surface area contributed by atoms with Crippen molar-refractivity contribution in [2.75, 3.05) is 19.9 Å². The van der Waals surface area contributed by atoms with Gasteiger partial charge in [0.15, 0.2) is 11.5 Å². The van der Waals surface area contributed by atoms with Crippen molar-refractivity contribution in [3.63, 3.8) is 0 Å². The molecule has 36 heavy (non-hydrogen) atoms. The lowest BCUT2D eigenvalue weighted by Gasteiger charge is -2.42. The van der Waals surface area contributed by atoms with E-state index < -0.39 is 0 Å². The number of hydrogen-bond acceptors (Lipinski definition) is 5. The second-order valence-corrected chi connectivity index (χ2v) is 10.2. The van der Waals surface area contributed by atoms with Gasteiger partial charge in [-0.2, -0.15) is 0 Å². The highest BCUT2D eigenvalue weighted by Gasteiger charge is 2.42. The van der Waals surface area contributed by atoms with E-state index in [2.05, 4.69) is 57.2 Å². The molecule has 6 nitrogen and oxygen atoms in total. The van der Waals surface area contributed by atoms with Gasteiger partial charge < -0.3 is 14.4 Å². The number of rotatable bonds is 8. The highest BCUT2D eigenvalue weighted by atomic mass is 16.7. The molecule has 0 radical (unpaired) electrons. The molecule has 1 atom stereocenters. The van der Waals surface area contributed by atoms with Crippen LogP contribution in [0.15, 0.2) is 72.9 Å². The molecule has 6 rings (SSSR count). The topological polar surface area (TPSA) is 54.9 Å². The van der Waals surface area contributed by atoms with Crippen molar-refractivity contribution in [3.8, 4) is 11.5 Å². The van der Waals surface area contributed by atoms with Gasteiger partial charge in [-0.05, 0) is 86.5 Å². The fraction of sp³-hybridized carbons (Fsp3) is 0.400. The molecule has 0 spiro atoms. The third-order valence-corrected chi connectivity index (χ3v) is 7.72. The lowest BCUT2D eigenvalue weighted by molar-refractivity contribution is 0.0477. The number of likely N-dealkylation sites (tertiary alicyclic amines) is 1. The first-order chi connectivity index (χ1) is 17.7. The smallest absolute Gasteiger partial charge is 0.272 e. The molecule has 186 valence electrons. The van der Waals surface area contributed by atoms with Crippen molar-refractivity contribution in [3.05, 3.63) is 89.7 Å². The average molecular weight is 484 g/mol. The van der Waals surface area contributed by atoms with Crippen molar-refractivity contribution in [2.24, 2.45) is 5.92 Å². The summed E-state index contributed by atoms with van der Waals surface area (Å²) < 4.78 is 11.0. The van der Waals surface area contributed by atoms with Crippen LogP contribution in [-0.2, 0) is 13.0 Å². The Morgan fingerprint density at radius 1 is 0.917 bits per heavy atom. The fourth-order valence-electron chi connectivity index (χ4n) is 5.70. The number of piperidine rings is 1. The third-order valence-electron chi connectivity index (χ3n) is 7.72. The molecule has 3 aliphatic rings. The van der Waals surface area contributed by atoms with Gasteiger partial charge in [0, 0.05) is 24.8 Å². The third kappa shape index (κ3) is 5.09. The predicted molar refractivity (Wildman–Crippen MR) is 138 cm³/mol. The number of benzene rings is 2. The fourth-order valence-corrected chi connectivity index (χ4v) is 5.70. The zero-order chi connectivity index (χ0) is 24.3. The van der Waals surface area contributed by atoms with Gasteiger partial charge in [0.1, 0.15) is 5.69 Å². The lowest BCUT2D eigenvalue weighted by Crippen LogP contribution is -2.50. The number of fused-ring (bicyclic) bond motifs is 1. The largest absolute Gasteiger partial charge is 0.454 e. The summed E-state index contributed by atoms with van der Waals surface area (Å²) in [6.45, 7) is 3.27. The second-order valence-electron chi connectivity index (χ2n) is 10.2. The number of hydrogen-bond donors (Lipinski definition) is 0. The Bertz CT molecular complexity index is 1170. The Morgan fingerprint density at radius 2 is 1.69 bits per heavy atom. The molecule has 6 heteroatoms. The van der Waals surface area contributed by atoms with Crippen molar-refractivity contribution in [2.45, 2.75) is 50.7 Å². The monoisotopic (exact) mass is 483 g/mol. The maximum Gasteiger partial charge on any atom is 0.272 e. The van der Waals surface area contributed by atoms with Gasteiger partial charge in [-0.25, -0.2) is 0 Å². The van der Waals surface area contributed by atoms with E-state index >= 15 is 0 Å². The van der Waals surface area contributed by atoms with E-state index in [0.717, 1.165) is 63.2 Å². The molecule has 2 aliphatic heterocycles. The SMILES string of the molecule is O=C(c1ccccn1)N(C1CC1)C(Cc1ccccc1)C1CCN(Cc2ccc3c(c2)OCO3)CC1. The summed E-state index contributed by atoms with van der Waals surface area (Å²) >= 11 is 0. The number of ether oxygens (including phenoxy) is 2. The second kappa shape index (κ2) is 10.3. The van der Waals surface area contributed by atoms with Gasteiger partial charge in [-0.15, -0.1) is 0 Å². The van der Waals surface area contributed by atoms with E-state index in [0.29, 0.717) is 24.4 Å². The molecule has 1 aromatic heterocycles. The minimum atomic E-state index is 0.0850. The minimum Gasteiger partial charge on any atom is -0.454 e. The molecule has 1 saturated heterocycles. The van der Waals surface area contributed by atoms with E-state index in [1.807, 2.05) is 24.3 Å². The number of pyridine rings is 1. The van der Waals surface area contributed by atoms with Gasteiger partial charge >= 0.3 is 0 Å². The Morgan fingerprint density at radius 3 is 2.44 bits per heavy atom. The highest BCUT2D eigenvalue weighted by Crippen LogP contribution is 2.37. The normalized spacial score (nSPS) is 18.7. The zero-order valence-corrected chi connectivity index (χ0v) is 20.6. The average Bonchev–Trinajstić information content (AvgIpc) is 3.65. The van der Waals surface area contributed by atoms with Crippen LogP contribution < -0.4 is 9.47 Å². The molecule has 0 bridgehead atoms. The van der Waals surface area contributed by atoms with Crippen LogP contribution in [0.2, 0.25) is 0 Å². The van der Waals surface area contributed by atoms with Crippen LogP contribution in [0.4, 0.5) is 0 Å². The Hall–Kier alpha value is -3.38. The quantitative estimate of drug-likeness (QED) is 0.454. The number of amides is 1.